The van der Waals surface area contributed by atoms with Crippen LogP contribution >= 0.6 is 12.4 Å². The number of benzene rings is 1. The van der Waals surface area contributed by atoms with Crippen LogP contribution in [0.4, 0.5) is 5.69 Å². The summed E-state index contributed by atoms with van der Waals surface area (Å²) in [5.74, 6) is 1.28. The summed E-state index contributed by atoms with van der Waals surface area (Å²) in [4.78, 5) is 15.9. The van der Waals surface area contributed by atoms with Crippen molar-refractivity contribution in [3.8, 4) is 5.75 Å². The van der Waals surface area contributed by atoms with E-state index in [-0.39, 0.29) is 36.9 Å². The molecule has 3 N–H and O–H groups in total. The Kier molecular flexibility index (Phi) is 6.99. The Labute approximate surface area is 141 Å². The summed E-state index contributed by atoms with van der Waals surface area (Å²) in [5, 5.41) is 6.56. The number of aryl methyl sites for hydroxylation is 1. The maximum atomic E-state index is 11.9. The van der Waals surface area contributed by atoms with Crippen molar-refractivity contribution >= 4 is 24.0 Å². The van der Waals surface area contributed by atoms with Crippen LogP contribution in [0.15, 0.2) is 28.8 Å². The summed E-state index contributed by atoms with van der Waals surface area (Å²) in [5.41, 5.74) is 6.41. The normalized spacial score (nSPS) is 12.9. The first-order chi connectivity index (χ1) is 10.5. The molecule has 2 unspecified atom stereocenters. The molecule has 0 saturated heterocycles. The van der Waals surface area contributed by atoms with Gasteiger partial charge in [0.2, 0.25) is 17.6 Å². The molecule has 0 aliphatic heterocycles. The molecule has 7 nitrogen and oxygen atoms in total. The average molecular weight is 341 g/mol. The van der Waals surface area contributed by atoms with E-state index in [2.05, 4.69) is 15.5 Å². The van der Waals surface area contributed by atoms with E-state index < -0.39 is 0 Å². The minimum absolute atomic E-state index is 0. The van der Waals surface area contributed by atoms with Gasteiger partial charge in [-0.25, -0.2) is 0 Å². The lowest BCUT2D eigenvalue weighted by Crippen LogP contribution is -2.34. The van der Waals surface area contributed by atoms with Gasteiger partial charge >= 0.3 is 0 Å². The number of nitrogens with one attached hydrogen (secondary N) is 1. The minimum Gasteiger partial charge on any atom is -0.485 e. The first-order valence-corrected chi connectivity index (χ1v) is 7.04. The summed E-state index contributed by atoms with van der Waals surface area (Å²) < 4.78 is 10.4. The highest BCUT2D eigenvalue weighted by Gasteiger charge is 2.16. The monoisotopic (exact) mass is 340 g/mol. The van der Waals surface area contributed by atoms with Crippen molar-refractivity contribution in [1.82, 2.24) is 10.1 Å². The molecular formula is C15H21ClN4O3. The van der Waals surface area contributed by atoms with Gasteiger partial charge in [0.25, 0.3) is 0 Å². The summed E-state index contributed by atoms with van der Waals surface area (Å²) in [6.07, 6.45) is 0. The SMILES string of the molecule is Cc1nc(COc2ccc(NC(=O)C(C)C(C)N)cc2)no1.Cl. The third-order valence-corrected chi connectivity index (χ3v) is 3.26. The largest absolute Gasteiger partial charge is 0.485 e. The highest BCUT2D eigenvalue weighted by Crippen LogP contribution is 2.17. The van der Waals surface area contributed by atoms with Crippen molar-refractivity contribution in [2.75, 3.05) is 5.32 Å². The maximum Gasteiger partial charge on any atom is 0.228 e. The number of hydrogen-bond donors (Lipinski definition) is 2. The van der Waals surface area contributed by atoms with E-state index in [0.717, 1.165) is 0 Å². The van der Waals surface area contributed by atoms with Crippen LogP contribution in [0, 0.1) is 12.8 Å². The van der Waals surface area contributed by atoms with E-state index in [9.17, 15) is 4.79 Å². The van der Waals surface area contributed by atoms with Gasteiger partial charge in [0, 0.05) is 18.7 Å². The Morgan fingerprint density at radius 3 is 2.52 bits per heavy atom. The van der Waals surface area contributed by atoms with E-state index in [1.165, 1.54) is 0 Å². The fourth-order valence-corrected chi connectivity index (χ4v) is 1.68. The summed E-state index contributed by atoms with van der Waals surface area (Å²) in [6.45, 7) is 5.55. The molecule has 0 fully saturated rings. The highest BCUT2D eigenvalue weighted by atomic mass is 35.5. The zero-order valence-electron chi connectivity index (χ0n) is 13.3. The van der Waals surface area contributed by atoms with E-state index in [1.54, 1.807) is 45.0 Å². The van der Waals surface area contributed by atoms with Gasteiger partial charge in [0.05, 0.1) is 5.92 Å². The van der Waals surface area contributed by atoms with Crippen molar-refractivity contribution in [2.45, 2.75) is 33.4 Å². The number of nitrogens with zero attached hydrogens (tertiary/aromatic N) is 2. The number of halogens is 1. The summed E-state index contributed by atoms with van der Waals surface area (Å²) in [6, 6.07) is 6.87. The van der Waals surface area contributed by atoms with Crippen molar-refractivity contribution in [2.24, 2.45) is 11.7 Å². The number of aromatic nitrogens is 2. The lowest BCUT2D eigenvalue weighted by molar-refractivity contribution is -0.119. The zero-order valence-corrected chi connectivity index (χ0v) is 14.1. The highest BCUT2D eigenvalue weighted by molar-refractivity contribution is 5.92. The molecular weight excluding hydrogens is 320 g/mol. The molecule has 0 saturated carbocycles. The fraction of sp³-hybridized carbons (Fsp3) is 0.400. The molecule has 2 rings (SSSR count). The molecule has 1 heterocycles. The van der Waals surface area contributed by atoms with Crippen LogP contribution in [-0.4, -0.2) is 22.1 Å². The predicted octanol–water partition coefficient (Wildman–Crippen LogP) is 2.30. The van der Waals surface area contributed by atoms with Crippen LogP contribution in [0.2, 0.25) is 0 Å². The maximum absolute atomic E-state index is 11.9. The number of rotatable bonds is 6. The Morgan fingerprint density at radius 2 is 2.00 bits per heavy atom. The number of carbonyl (C=O) groups is 1. The zero-order chi connectivity index (χ0) is 16.1. The number of amides is 1. The van der Waals surface area contributed by atoms with Gasteiger partial charge in [0.15, 0.2) is 6.61 Å². The number of hydrogen-bond acceptors (Lipinski definition) is 6. The van der Waals surface area contributed by atoms with Crippen LogP contribution in [0.5, 0.6) is 5.75 Å². The van der Waals surface area contributed by atoms with Crippen LogP contribution in [0.1, 0.15) is 25.6 Å². The van der Waals surface area contributed by atoms with Crippen LogP contribution in [0.3, 0.4) is 0 Å². The van der Waals surface area contributed by atoms with E-state index in [4.69, 9.17) is 15.0 Å². The average Bonchev–Trinajstić information content (AvgIpc) is 2.91. The standard InChI is InChI=1S/C15H20N4O3.ClH/c1-9(10(2)16)15(20)18-12-4-6-13(7-5-12)21-8-14-17-11(3)22-19-14;/h4-7,9-10H,8,16H2,1-3H3,(H,18,20);1H. The molecule has 0 radical (unpaired) electrons. The van der Waals surface area contributed by atoms with Crippen LogP contribution in [-0.2, 0) is 11.4 Å². The molecule has 0 bridgehead atoms. The lowest BCUT2D eigenvalue weighted by Gasteiger charge is -2.15. The Balaban J connectivity index is 0.00000264. The summed E-state index contributed by atoms with van der Waals surface area (Å²) >= 11 is 0. The second-order valence-corrected chi connectivity index (χ2v) is 5.18. The lowest BCUT2D eigenvalue weighted by atomic mass is 10.0. The van der Waals surface area contributed by atoms with Crippen molar-refractivity contribution in [1.29, 1.82) is 0 Å². The minimum atomic E-state index is -0.252. The topological polar surface area (TPSA) is 103 Å². The fourth-order valence-electron chi connectivity index (χ4n) is 1.68. The second kappa shape index (κ2) is 8.50. The van der Waals surface area contributed by atoms with Crippen molar-refractivity contribution in [3.63, 3.8) is 0 Å². The van der Waals surface area contributed by atoms with Gasteiger partial charge in [-0.05, 0) is 31.2 Å². The van der Waals surface area contributed by atoms with Gasteiger partial charge < -0.3 is 20.3 Å². The molecule has 8 heteroatoms. The van der Waals surface area contributed by atoms with Crippen molar-refractivity contribution in [3.05, 3.63) is 36.0 Å². The molecule has 1 aromatic carbocycles. The number of carbonyl (C=O) groups excluding carboxylic acids is 1. The van der Waals surface area contributed by atoms with Crippen LogP contribution in [0.25, 0.3) is 0 Å². The predicted molar refractivity (Wildman–Crippen MR) is 88.5 cm³/mol. The Hall–Kier alpha value is -2.12. The molecule has 1 aromatic heterocycles. The quantitative estimate of drug-likeness (QED) is 0.836. The smallest absolute Gasteiger partial charge is 0.228 e. The molecule has 23 heavy (non-hydrogen) atoms. The number of nitrogens with two attached hydrogens (primary N) is 1. The molecule has 126 valence electrons. The molecule has 2 aromatic rings. The Morgan fingerprint density at radius 1 is 1.35 bits per heavy atom. The first-order valence-electron chi connectivity index (χ1n) is 7.04. The molecule has 1 amide bonds. The third kappa shape index (κ3) is 5.54. The molecule has 0 aliphatic rings. The summed E-state index contributed by atoms with van der Waals surface area (Å²) in [7, 11) is 0. The van der Waals surface area contributed by atoms with Crippen LogP contribution < -0.4 is 15.8 Å². The molecule has 0 spiro atoms. The first kappa shape index (κ1) is 18.9. The number of anilines is 1. The third-order valence-electron chi connectivity index (χ3n) is 3.26. The van der Waals surface area contributed by atoms with Gasteiger partial charge in [0.1, 0.15) is 5.75 Å². The molecule has 0 aliphatic carbocycles. The van der Waals surface area contributed by atoms with E-state index in [1.807, 2.05) is 0 Å². The van der Waals surface area contributed by atoms with Gasteiger partial charge in [-0.3, -0.25) is 4.79 Å². The van der Waals surface area contributed by atoms with Crippen molar-refractivity contribution < 1.29 is 14.1 Å². The number of ether oxygens (including phenoxy) is 1. The van der Waals surface area contributed by atoms with Gasteiger partial charge in [-0.15, -0.1) is 12.4 Å². The van der Waals surface area contributed by atoms with E-state index in [0.29, 0.717) is 23.2 Å². The van der Waals surface area contributed by atoms with Gasteiger partial charge in [-0.2, -0.15) is 4.98 Å². The Bertz CT molecular complexity index is 628. The van der Waals surface area contributed by atoms with Gasteiger partial charge in [-0.1, -0.05) is 12.1 Å². The molecule has 2 atom stereocenters. The van der Waals surface area contributed by atoms with E-state index >= 15 is 0 Å². The second-order valence-electron chi connectivity index (χ2n) is 5.18.